The van der Waals surface area contributed by atoms with E-state index < -0.39 is 0 Å². The van der Waals surface area contributed by atoms with Gasteiger partial charge < -0.3 is 57.8 Å². The molecule has 0 saturated carbocycles. The minimum atomic E-state index is 0. The van der Waals surface area contributed by atoms with Crippen LogP contribution in [0.2, 0.25) is 0 Å². The fraction of sp³-hybridized carbons (Fsp3) is 0.333. The Morgan fingerprint density at radius 3 is 1.50 bits per heavy atom. The third-order valence-electron chi connectivity index (χ3n) is 2.43. The molecule has 2 aliphatic heterocycles. The van der Waals surface area contributed by atoms with Gasteiger partial charge in [-0.05, 0) is 11.1 Å². The second kappa shape index (κ2) is 7.37. The van der Waals surface area contributed by atoms with Crippen LogP contribution in [0.5, 0.6) is 0 Å². The minimum Gasteiger partial charge on any atom is -1.00 e. The first-order chi connectivity index (χ1) is 6.75. The van der Waals surface area contributed by atoms with Gasteiger partial charge in [0, 0.05) is 39.6 Å². The van der Waals surface area contributed by atoms with E-state index in [9.17, 15) is 0 Å². The maximum Gasteiger partial charge on any atom is 0.0354 e. The van der Waals surface area contributed by atoms with Crippen molar-refractivity contribution in [2.24, 2.45) is 0 Å². The predicted octanol–water partition coefficient (Wildman–Crippen LogP) is -4.23. The highest BCUT2D eigenvalue weighted by molar-refractivity contribution is 5.48. The summed E-state index contributed by atoms with van der Waals surface area (Å²) in [5.41, 5.74) is 2.59. The molecular formula is C12H16I2N2-2. The maximum absolute atomic E-state index is 2.19. The normalized spacial score (nSPS) is 18.4. The average Bonchev–Trinajstić information content (AvgIpc) is 2.18. The first kappa shape index (κ1) is 16.0. The van der Waals surface area contributed by atoms with Crippen molar-refractivity contribution in [1.82, 2.24) is 9.80 Å². The summed E-state index contributed by atoms with van der Waals surface area (Å²) < 4.78 is 0. The summed E-state index contributed by atoms with van der Waals surface area (Å²) in [7, 11) is 4.20. The van der Waals surface area contributed by atoms with Gasteiger partial charge in [0.05, 0.1) is 0 Å². The Kier molecular flexibility index (Phi) is 7.38. The zero-order chi connectivity index (χ0) is 9.97. The molecule has 90 valence electrons. The Balaban J connectivity index is 0.00000112. The fourth-order valence-electron chi connectivity index (χ4n) is 1.70. The smallest absolute Gasteiger partial charge is 0.0354 e. The van der Waals surface area contributed by atoms with Gasteiger partial charge in [-0.15, -0.1) is 0 Å². The van der Waals surface area contributed by atoms with Crippen LogP contribution in [-0.4, -0.2) is 37.0 Å². The Bertz CT molecular complexity index is 309. The van der Waals surface area contributed by atoms with E-state index in [4.69, 9.17) is 0 Å². The first-order valence-corrected chi connectivity index (χ1v) is 4.93. The third kappa shape index (κ3) is 4.12. The summed E-state index contributed by atoms with van der Waals surface area (Å²) in [4.78, 5) is 4.39. The molecule has 0 aliphatic carbocycles. The lowest BCUT2D eigenvalue weighted by Gasteiger charge is -2.22. The molecule has 0 bridgehead atoms. The predicted molar refractivity (Wildman–Crippen MR) is 59.7 cm³/mol. The van der Waals surface area contributed by atoms with Gasteiger partial charge in [-0.2, -0.15) is 0 Å². The molecule has 0 amide bonds. The lowest BCUT2D eigenvalue weighted by Crippen LogP contribution is -3.00. The Labute approximate surface area is 132 Å². The van der Waals surface area contributed by atoms with Gasteiger partial charge in [0.25, 0.3) is 0 Å². The van der Waals surface area contributed by atoms with E-state index in [1.54, 1.807) is 0 Å². The van der Waals surface area contributed by atoms with Crippen LogP contribution >= 0.6 is 0 Å². The zero-order valence-electron chi connectivity index (χ0n) is 9.53. The second-order valence-corrected chi connectivity index (χ2v) is 3.85. The molecular weight excluding hydrogens is 426 g/mol. The van der Waals surface area contributed by atoms with Gasteiger partial charge in [-0.25, -0.2) is 0 Å². The van der Waals surface area contributed by atoms with Crippen LogP contribution in [0.1, 0.15) is 0 Å². The molecule has 2 heterocycles. The van der Waals surface area contributed by atoms with Gasteiger partial charge in [0.1, 0.15) is 0 Å². The van der Waals surface area contributed by atoms with E-state index in [0.29, 0.717) is 0 Å². The fourth-order valence-corrected chi connectivity index (χ4v) is 1.70. The SMILES string of the molecule is CN1C=C(C2=CN(C)CC=C2)C=CC1.[I-].[I-]. The van der Waals surface area contributed by atoms with Gasteiger partial charge in [-0.1, -0.05) is 24.3 Å². The van der Waals surface area contributed by atoms with Crippen LogP contribution in [0.3, 0.4) is 0 Å². The van der Waals surface area contributed by atoms with Gasteiger partial charge in [0.2, 0.25) is 0 Å². The number of rotatable bonds is 1. The van der Waals surface area contributed by atoms with Crippen molar-refractivity contribution in [2.45, 2.75) is 0 Å². The molecule has 4 heteroatoms. The number of nitrogens with zero attached hydrogens (tertiary/aromatic N) is 2. The first-order valence-electron chi connectivity index (χ1n) is 4.93. The molecule has 0 fully saturated rings. The molecule has 0 saturated heterocycles. The Morgan fingerprint density at radius 2 is 1.19 bits per heavy atom. The minimum absolute atomic E-state index is 0. The van der Waals surface area contributed by atoms with Crippen LogP contribution in [-0.2, 0) is 0 Å². The molecule has 0 spiro atoms. The van der Waals surface area contributed by atoms with Crippen molar-refractivity contribution in [1.29, 1.82) is 0 Å². The van der Waals surface area contributed by atoms with Crippen molar-refractivity contribution in [2.75, 3.05) is 27.2 Å². The van der Waals surface area contributed by atoms with E-state index in [0.717, 1.165) is 13.1 Å². The van der Waals surface area contributed by atoms with Crippen LogP contribution in [0.4, 0.5) is 0 Å². The van der Waals surface area contributed by atoms with E-state index in [1.165, 1.54) is 11.1 Å². The highest BCUT2D eigenvalue weighted by atomic mass is 127. The summed E-state index contributed by atoms with van der Waals surface area (Å²) in [6, 6.07) is 0. The number of halogens is 2. The van der Waals surface area contributed by atoms with Crippen LogP contribution in [0, 0.1) is 0 Å². The van der Waals surface area contributed by atoms with Crippen LogP contribution in [0.25, 0.3) is 0 Å². The third-order valence-corrected chi connectivity index (χ3v) is 2.43. The molecule has 0 N–H and O–H groups in total. The summed E-state index contributed by atoms with van der Waals surface area (Å²) in [5.74, 6) is 0. The monoisotopic (exact) mass is 442 g/mol. The second-order valence-electron chi connectivity index (χ2n) is 3.85. The van der Waals surface area contributed by atoms with Crippen molar-refractivity contribution in [3.63, 3.8) is 0 Å². The molecule has 0 aromatic carbocycles. The quantitative estimate of drug-likeness (QED) is 0.380. The summed E-state index contributed by atoms with van der Waals surface area (Å²) in [6.07, 6.45) is 13.1. The highest BCUT2D eigenvalue weighted by Crippen LogP contribution is 2.19. The zero-order valence-corrected chi connectivity index (χ0v) is 13.8. The molecule has 2 nitrogen and oxygen atoms in total. The van der Waals surface area contributed by atoms with Crippen LogP contribution in [0.15, 0.2) is 47.9 Å². The van der Waals surface area contributed by atoms with Crippen molar-refractivity contribution in [3.05, 3.63) is 47.9 Å². The highest BCUT2D eigenvalue weighted by Gasteiger charge is 2.07. The van der Waals surface area contributed by atoms with E-state index in [-0.39, 0.29) is 48.0 Å². The largest absolute Gasteiger partial charge is 1.00 e. The molecule has 0 atom stereocenters. The van der Waals surface area contributed by atoms with E-state index in [2.05, 4.69) is 60.6 Å². The van der Waals surface area contributed by atoms with Crippen molar-refractivity contribution < 1.29 is 48.0 Å². The lowest BCUT2D eigenvalue weighted by molar-refractivity contribution is -0.001000. The standard InChI is InChI=1S/C12H16N2.2HI/c1-13-7-3-5-11(9-13)12-6-4-8-14(2)10-12;;/h3-6,9-10H,7-8H2,1-2H3;2*1H/p-2. The number of hydrogen-bond acceptors (Lipinski definition) is 2. The van der Waals surface area contributed by atoms with Crippen molar-refractivity contribution >= 4 is 0 Å². The number of allylic oxidation sites excluding steroid dienone is 4. The summed E-state index contributed by atoms with van der Waals surface area (Å²) in [6.45, 7) is 2.02. The maximum atomic E-state index is 2.19. The van der Waals surface area contributed by atoms with E-state index >= 15 is 0 Å². The average molecular weight is 442 g/mol. The molecule has 2 rings (SSSR count). The topological polar surface area (TPSA) is 6.48 Å². The molecule has 16 heavy (non-hydrogen) atoms. The van der Waals surface area contributed by atoms with Gasteiger partial charge in [-0.3, -0.25) is 0 Å². The number of likely N-dealkylation sites (N-methyl/N-ethyl adjacent to an activating group) is 2. The Morgan fingerprint density at radius 1 is 0.812 bits per heavy atom. The molecule has 0 aromatic heterocycles. The lowest BCUT2D eigenvalue weighted by atomic mass is 10.0. The summed E-state index contributed by atoms with van der Waals surface area (Å²) in [5, 5.41) is 0. The summed E-state index contributed by atoms with van der Waals surface area (Å²) >= 11 is 0. The van der Waals surface area contributed by atoms with Crippen LogP contribution < -0.4 is 48.0 Å². The molecule has 0 unspecified atom stereocenters. The molecule has 0 radical (unpaired) electrons. The van der Waals surface area contributed by atoms with Gasteiger partial charge in [0.15, 0.2) is 0 Å². The van der Waals surface area contributed by atoms with E-state index in [1.807, 2.05) is 0 Å². The van der Waals surface area contributed by atoms with Crippen molar-refractivity contribution in [3.8, 4) is 0 Å². The van der Waals surface area contributed by atoms with Gasteiger partial charge >= 0.3 is 0 Å². The molecule has 2 aliphatic rings. The Hall–Kier alpha value is 0.0200. The number of hydrogen-bond donors (Lipinski definition) is 0. The molecule has 0 aromatic rings.